The summed E-state index contributed by atoms with van der Waals surface area (Å²) < 4.78 is 4.59. The van der Waals surface area contributed by atoms with Crippen LogP contribution in [0.15, 0.2) is 28.1 Å². The fraction of sp³-hybridized carbons (Fsp3) is 0.474. The third-order valence-corrected chi connectivity index (χ3v) is 5.84. The van der Waals surface area contributed by atoms with E-state index >= 15 is 0 Å². The van der Waals surface area contributed by atoms with Crippen molar-refractivity contribution in [3.63, 3.8) is 0 Å². The maximum atomic E-state index is 12.5. The standard InChI is InChI=1S/C19H26N4O4S2/c1-5-6-9-28-13-7-8-15(14(10-13)20-16(24)11-22(2)3)23-17(25)12-29-18(23)21-19(26)27-4/h7-8,10H,5-6,9,11-12H2,1-4H3,(H,20,24)/b21-18+. The molecule has 1 aliphatic heterocycles. The Balaban J connectivity index is 2.39. The van der Waals surface area contributed by atoms with Crippen LogP contribution < -0.4 is 10.2 Å². The molecule has 10 heteroatoms. The Morgan fingerprint density at radius 2 is 2.14 bits per heavy atom. The molecule has 0 aliphatic carbocycles. The van der Waals surface area contributed by atoms with Crippen LogP contribution in [-0.4, -0.2) is 67.2 Å². The number of ether oxygens (including phenoxy) is 1. The van der Waals surface area contributed by atoms with Crippen LogP contribution in [0.25, 0.3) is 0 Å². The van der Waals surface area contributed by atoms with E-state index < -0.39 is 6.09 Å². The Morgan fingerprint density at radius 3 is 2.79 bits per heavy atom. The summed E-state index contributed by atoms with van der Waals surface area (Å²) in [6.45, 7) is 2.34. The molecule has 8 nitrogen and oxygen atoms in total. The van der Waals surface area contributed by atoms with Gasteiger partial charge in [-0.2, -0.15) is 4.99 Å². The number of aliphatic imine (C=N–C) groups is 1. The number of benzene rings is 1. The first kappa shape index (κ1) is 23.2. The lowest BCUT2D eigenvalue weighted by Crippen LogP contribution is -2.32. The number of hydrogen-bond acceptors (Lipinski definition) is 7. The predicted molar refractivity (Wildman–Crippen MR) is 119 cm³/mol. The van der Waals surface area contributed by atoms with Crippen LogP contribution in [0.5, 0.6) is 0 Å². The number of nitrogens with one attached hydrogen (secondary N) is 1. The number of rotatable bonds is 8. The van der Waals surface area contributed by atoms with Gasteiger partial charge in [-0.3, -0.25) is 14.5 Å². The third kappa shape index (κ3) is 6.76. The normalized spacial score (nSPS) is 15.3. The van der Waals surface area contributed by atoms with E-state index in [1.54, 1.807) is 36.8 Å². The van der Waals surface area contributed by atoms with Crippen molar-refractivity contribution in [3.05, 3.63) is 18.2 Å². The number of carbonyl (C=O) groups is 3. The van der Waals surface area contributed by atoms with Gasteiger partial charge in [-0.15, -0.1) is 11.8 Å². The molecular weight excluding hydrogens is 412 g/mol. The zero-order valence-electron chi connectivity index (χ0n) is 17.1. The lowest BCUT2D eigenvalue weighted by molar-refractivity contribution is -0.117. The number of likely N-dealkylation sites (N-methyl/N-ethyl adjacent to an activating group) is 1. The van der Waals surface area contributed by atoms with Gasteiger partial charge in [-0.1, -0.05) is 25.1 Å². The highest BCUT2D eigenvalue weighted by Gasteiger charge is 2.32. The fourth-order valence-electron chi connectivity index (χ4n) is 2.52. The SMILES string of the molecule is CCCCSc1ccc(N2C(=O)CS/C2=N/C(=O)OC)c(NC(=O)CN(C)C)c1. The second kappa shape index (κ2) is 11.2. The van der Waals surface area contributed by atoms with Gasteiger partial charge in [0.1, 0.15) is 0 Å². The minimum atomic E-state index is -0.780. The van der Waals surface area contributed by atoms with Crippen LogP contribution in [-0.2, 0) is 14.3 Å². The van der Waals surface area contributed by atoms with Crippen molar-refractivity contribution < 1.29 is 19.1 Å². The summed E-state index contributed by atoms with van der Waals surface area (Å²) in [5.41, 5.74) is 0.987. The van der Waals surface area contributed by atoms with Gasteiger partial charge in [-0.05, 0) is 44.5 Å². The Morgan fingerprint density at radius 1 is 1.38 bits per heavy atom. The summed E-state index contributed by atoms with van der Waals surface area (Å²) >= 11 is 2.85. The summed E-state index contributed by atoms with van der Waals surface area (Å²) in [5, 5.41) is 3.12. The van der Waals surface area contributed by atoms with Crippen molar-refractivity contribution in [1.82, 2.24) is 4.90 Å². The van der Waals surface area contributed by atoms with Gasteiger partial charge in [0, 0.05) is 4.90 Å². The molecule has 1 saturated heterocycles. The number of methoxy groups -OCH3 is 1. The number of hydrogen-bond donors (Lipinski definition) is 1. The molecule has 29 heavy (non-hydrogen) atoms. The number of nitrogens with zero attached hydrogens (tertiary/aromatic N) is 3. The fourth-order valence-corrected chi connectivity index (χ4v) is 4.40. The van der Waals surface area contributed by atoms with Crippen molar-refractivity contribution in [2.45, 2.75) is 24.7 Å². The van der Waals surface area contributed by atoms with Crippen LogP contribution in [0, 0.1) is 0 Å². The van der Waals surface area contributed by atoms with Crippen LogP contribution >= 0.6 is 23.5 Å². The smallest absolute Gasteiger partial charge is 0.435 e. The van der Waals surface area contributed by atoms with Gasteiger partial charge in [0.25, 0.3) is 0 Å². The van der Waals surface area contributed by atoms with Gasteiger partial charge < -0.3 is 15.0 Å². The number of anilines is 2. The summed E-state index contributed by atoms with van der Waals surface area (Å²) in [5.74, 6) is 0.715. The molecule has 0 saturated carbocycles. The number of amides is 3. The van der Waals surface area contributed by atoms with E-state index in [9.17, 15) is 14.4 Å². The van der Waals surface area contributed by atoms with Crippen molar-refractivity contribution in [1.29, 1.82) is 0 Å². The van der Waals surface area contributed by atoms with E-state index in [0.29, 0.717) is 11.4 Å². The van der Waals surface area contributed by atoms with Gasteiger partial charge in [0.05, 0.1) is 30.8 Å². The summed E-state index contributed by atoms with van der Waals surface area (Å²) in [6.07, 6.45) is 1.41. The van der Waals surface area contributed by atoms with Crippen molar-refractivity contribution in [3.8, 4) is 0 Å². The van der Waals surface area contributed by atoms with E-state index in [1.807, 2.05) is 12.1 Å². The first-order valence-electron chi connectivity index (χ1n) is 9.19. The molecule has 0 unspecified atom stereocenters. The molecule has 1 N–H and O–H groups in total. The first-order chi connectivity index (χ1) is 13.8. The molecule has 0 bridgehead atoms. The maximum absolute atomic E-state index is 12.5. The quantitative estimate of drug-likeness (QED) is 0.492. The van der Waals surface area contributed by atoms with Crippen molar-refractivity contribution >= 4 is 58.0 Å². The highest BCUT2D eigenvalue weighted by atomic mass is 32.2. The highest BCUT2D eigenvalue weighted by Crippen LogP contribution is 2.36. The predicted octanol–water partition coefficient (Wildman–Crippen LogP) is 3.28. The van der Waals surface area contributed by atoms with Gasteiger partial charge in [-0.25, -0.2) is 4.79 Å². The largest absolute Gasteiger partial charge is 0.451 e. The summed E-state index contributed by atoms with van der Waals surface area (Å²) in [7, 11) is 4.84. The molecule has 2 rings (SSSR count). The van der Waals surface area contributed by atoms with Crippen LogP contribution in [0.1, 0.15) is 19.8 Å². The minimum Gasteiger partial charge on any atom is -0.451 e. The van der Waals surface area contributed by atoms with E-state index in [1.165, 1.54) is 12.0 Å². The first-order valence-corrected chi connectivity index (χ1v) is 11.2. The van der Waals surface area contributed by atoms with Crippen LogP contribution in [0.2, 0.25) is 0 Å². The van der Waals surface area contributed by atoms with E-state index in [2.05, 4.69) is 22.0 Å². The number of thioether (sulfide) groups is 2. The molecule has 1 heterocycles. The molecule has 0 aromatic heterocycles. The Kier molecular flexibility index (Phi) is 8.99. The second-order valence-corrected chi connectivity index (χ2v) is 8.66. The molecule has 3 amide bonds. The summed E-state index contributed by atoms with van der Waals surface area (Å²) in [6, 6.07) is 5.54. The monoisotopic (exact) mass is 438 g/mol. The zero-order valence-corrected chi connectivity index (χ0v) is 18.7. The van der Waals surface area contributed by atoms with E-state index in [0.717, 1.165) is 35.3 Å². The third-order valence-electron chi connectivity index (χ3n) is 3.84. The van der Waals surface area contributed by atoms with Crippen molar-refractivity contribution in [2.24, 2.45) is 4.99 Å². The minimum absolute atomic E-state index is 0.161. The maximum Gasteiger partial charge on any atom is 0.435 e. The molecule has 0 radical (unpaired) electrons. The average molecular weight is 439 g/mol. The molecule has 0 atom stereocenters. The second-order valence-electron chi connectivity index (χ2n) is 6.55. The Bertz CT molecular complexity index is 798. The lowest BCUT2D eigenvalue weighted by atomic mass is 10.2. The van der Waals surface area contributed by atoms with Crippen LogP contribution in [0.3, 0.4) is 0 Å². The molecule has 0 spiro atoms. The zero-order chi connectivity index (χ0) is 21.4. The van der Waals surface area contributed by atoms with Crippen LogP contribution in [0.4, 0.5) is 16.2 Å². The van der Waals surface area contributed by atoms with E-state index in [-0.39, 0.29) is 29.3 Å². The molecular formula is C19H26N4O4S2. The van der Waals surface area contributed by atoms with Gasteiger partial charge in [0.15, 0.2) is 5.17 Å². The molecule has 1 aliphatic rings. The Hall–Kier alpha value is -2.04. The molecule has 1 aromatic carbocycles. The van der Waals surface area contributed by atoms with E-state index in [4.69, 9.17) is 0 Å². The van der Waals surface area contributed by atoms with Gasteiger partial charge in [0.2, 0.25) is 11.8 Å². The molecule has 158 valence electrons. The summed E-state index contributed by atoms with van der Waals surface area (Å²) in [4.78, 5) is 44.4. The molecule has 1 fully saturated rings. The highest BCUT2D eigenvalue weighted by molar-refractivity contribution is 8.15. The number of carbonyl (C=O) groups excluding carboxylic acids is 3. The number of unbranched alkanes of at least 4 members (excludes halogenated alkanes) is 1. The lowest BCUT2D eigenvalue weighted by Gasteiger charge is -2.21. The number of amidine groups is 1. The van der Waals surface area contributed by atoms with Gasteiger partial charge >= 0.3 is 6.09 Å². The Labute approximate surface area is 179 Å². The topological polar surface area (TPSA) is 91.3 Å². The molecule has 1 aromatic rings. The average Bonchev–Trinajstić information content (AvgIpc) is 3.01. The van der Waals surface area contributed by atoms with Crippen molar-refractivity contribution in [2.75, 3.05) is 49.5 Å².